The molecule has 0 fully saturated rings. The molecule has 0 N–H and O–H groups in total. The van der Waals surface area contributed by atoms with Gasteiger partial charge in [-0.15, -0.1) is 0 Å². The van der Waals surface area contributed by atoms with E-state index in [1.807, 2.05) is 19.9 Å². The largest absolute Gasteiger partial charge is 0.497 e. The van der Waals surface area contributed by atoms with Gasteiger partial charge in [0.2, 0.25) is 0 Å². The Bertz CT molecular complexity index is 495. The maximum Gasteiger partial charge on any atom is 0.124 e. The summed E-state index contributed by atoms with van der Waals surface area (Å²) in [4.78, 5) is 0. The third kappa shape index (κ3) is 3.99. The Morgan fingerprint density at radius 1 is 1.17 bits per heavy atom. The number of methoxy groups -OCH3 is 1. The molecule has 0 unspecified atom stereocenters. The Hall–Kier alpha value is -2.20. The molecule has 1 rings (SSSR count). The summed E-state index contributed by atoms with van der Waals surface area (Å²) in [5.41, 5.74) is 0.0839. The highest BCUT2D eigenvalue weighted by Crippen LogP contribution is 2.24. The molecule has 18 heavy (non-hydrogen) atoms. The third-order valence-corrected chi connectivity index (χ3v) is 2.54. The summed E-state index contributed by atoms with van der Waals surface area (Å²) in [7, 11) is 1.54. The molecule has 0 aliphatic carbocycles. The van der Waals surface area contributed by atoms with E-state index in [0.29, 0.717) is 30.1 Å². The van der Waals surface area contributed by atoms with E-state index in [1.165, 1.54) is 0 Å². The van der Waals surface area contributed by atoms with Crippen molar-refractivity contribution in [1.82, 2.24) is 0 Å². The average molecular weight is 244 g/mol. The molecule has 0 radical (unpaired) electrons. The maximum atomic E-state index is 8.89. The number of nitriles is 2. The van der Waals surface area contributed by atoms with Crippen LogP contribution in [0.3, 0.4) is 0 Å². The van der Waals surface area contributed by atoms with E-state index in [9.17, 15) is 0 Å². The molecule has 0 heterocycles. The van der Waals surface area contributed by atoms with Crippen molar-refractivity contribution >= 4 is 0 Å². The van der Waals surface area contributed by atoms with Crippen molar-refractivity contribution in [2.75, 3.05) is 13.7 Å². The van der Waals surface area contributed by atoms with Crippen LogP contribution in [0.2, 0.25) is 0 Å². The van der Waals surface area contributed by atoms with E-state index < -0.39 is 5.41 Å². The molecule has 0 spiro atoms. The molecule has 0 aliphatic rings. The van der Waals surface area contributed by atoms with Crippen molar-refractivity contribution in [2.45, 2.75) is 20.3 Å². The molecule has 0 aromatic heterocycles. The molecule has 0 amide bonds. The monoisotopic (exact) mass is 244 g/mol. The summed E-state index contributed by atoms with van der Waals surface area (Å²) in [6.45, 7) is 4.16. The van der Waals surface area contributed by atoms with Gasteiger partial charge < -0.3 is 9.47 Å². The first kappa shape index (κ1) is 13.9. The maximum absolute atomic E-state index is 8.89. The van der Waals surface area contributed by atoms with Gasteiger partial charge >= 0.3 is 0 Å². The van der Waals surface area contributed by atoms with Crippen LogP contribution >= 0.6 is 0 Å². The number of rotatable bonds is 5. The van der Waals surface area contributed by atoms with Crippen molar-refractivity contribution in [3.8, 4) is 23.6 Å². The summed E-state index contributed by atoms with van der Waals surface area (Å²) < 4.78 is 10.6. The van der Waals surface area contributed by atoms with Gasteiger partial charge in [-0.25, -0.2) is 0 Å². The fourth-order valence-electron chi connectivity index (χ4n) is 1.32. The number of nitrogens with zero attached hydrogens (tertiary/aromatic N) is 2. The summed E-state index contributed by atoms with van der Waals surface area (Å²) in [5.74, 6) is 1.17. The zero-order valence-corrected chi connectivity index (χ0v) is 10.9. The first-order valence-electron chi connectivity index (χ1n) is 5.64. The molecule has 0 saturated heterocycles. The van der Waals surface area contributed by atoms with E-state index in [0.717, 1.165) is 0 Å². The summed E-state index contributed by atoms with van der Waals surface area (Å²) in [5, 5.41) is 17.8. The molecule has 0 aliphatic heterocycles. The topological polar surface area (TPSA) is 66.0 Å². The minimum atomic E-state index is -0.406. The highest BCUT2D eigenvalue weighted by molar-refractivity contribution is 5.43. The van der Waals surface area contributed by atoms with Gasteiger partial charge in [0.25, 0.3) is 0 Å². The lowest BCUT2D eigenvalue weighted by atomic mass is 9.92. The zero-order valence-electron chi connectivity index (χ0n) is 10.9. The highest BCUT2D eigenvalue weighted by atomic mass is 16.5. The molecule has 0 bridgehead atoms. The minimum absolute atomic E-state index is 0.406. The fourth-order valence-corrected chi connectivity index (χ4v) is 1.32. The lowest BCUT2D eigenvalue weighted by Crippen LogP contribution is -2.13. The van der Waals surface area contributed by atoms with Gasteiger partial charge in [-0.3, -0.25) is 0 Å². The lowest BCUT2D eigenvalue weighted by molar-refractivity contribution is 0.263. The smallest absolute Gasteiger partial charge is 0.124 e. The Morgan fingerprint density at radius 3 is 2.39 bits per heavy atom. The van der Waals surface area contributed by atoms with Crippen LogP contribution in [0.25, 0.3) is 0 Å². The number of ether oxygens (including phenoxy) is 2. The second kappa shape index (κ2) is 5.93. The molecular formula is C14H16N2O2. The first-order chi connectivity index (χ1) is 8.50. The van der Waals surface area contributed by atoms with Crippen LogP contribution in [-0.2, 0) is 0 Å². The molecular weight excluding hydrogens is 228 g/mol. The Labute approximate surface area is 107 Å². The van der Waals surface area contributed by atoms with E-state index in [4.69, 9.17) is 20.0 Å². The van der Waals surface area contributed by atoms with E-state index in [2.05, 4.69) is 6.07 Å². The lowest BCUT2D eigenvalue weighted by Gasteiger charge is -2.15. The molecule has 0 atom stereocenters. The minimum Gasteiger partial charge on any atom is -0.497 e. The van der Waals surface area contributed by atoms with Crippen molar-refractivity contribution in [3.05, 3.63) is 23.8 Å². The Morgan fingerprint density at radius 2 is 1.83 bits per heavy atom. The summed E-state index contributed by atoms with van der Waals surface area (Å²) in [6.07, 6.45) is 0.628. The van der Waals surface area contributed by atoms with Crippen LogP contribution < -0.4 is 9.47 Å². The van der Waals surface area contributed by atoms with Gasteiger partial charge in [-0.2, -0.15) is 10.5 Å². The Kier molecular flexibility index (Phi) is 4.57. The summed E-state index contributed by atoms with van der Waals surface area (Å²) >= 11 is 0. The van der Waals surface area contributed by atoms with E-state index >= 15 is 0 Å². The predicted octanol–water partition coefficient (Wildman–Crippen LogP) is 2.89. The van der Waals surface area contributed by atoms with Crippen molar-refractivity contribution < 1.29 is 9.47 Å². The molecule has 4 heteroatoms. The molecule has 4 nitrogen and oxygen atoms in total. The van der Waals surface area contributed by atoms with Crippen LogP contribution in [0.15, 0.2) is 18.2 Å². The van der Waals surface area contributed by atoms with Crippen LogP contribution in [-0.4, -0.2) is 13.7 Å². The second-order valence-electron chi connectivity index (χ2n) is 4.60. The summed E-state index contributed by atoms with van der Waals surface area (Å²) in [6, 6.07) is 9.29. The van der Waals surface area contributed by atoms with Crippen LogP contribution in [0.1, 0.15) is 25.8 Å². The average Bonchev–Trinajstić information content (AvgIpc) is 2.38. The highest BCUT2D eigenvalue weighted by Gasteiger charge is 2.16. The molecule has 0 saturated carbocycles. The first-order valence-corrected chi connectivity index (χ1v) is 5.64. The fraction of sp³-hybridized carbons (Fsp3) is 0.429. The van der Waals surface area contributed by atoms with Gasteiger partial charge in [-0.05, 0) is 32.4 Å². The number of hydrogen-bond donors (Lipinski definition) is 0. The standard InChI is InChI=1S/C14H16N2O2/c1-14(2,10-16)4-5-18-13-7-11(9-15)6-12(8-13)17-3/h6-8H,4-5H2,1-3H3. The van der Waals surface area contributed by atoms with Crippen molar-refractivity contribution in [1.29, 1.82) is 10.5 Å². The van der Waals surface area contributed by atoms with Gasteiger partial charge in [0.05, 0.1) is 36.8 Å². The van der Waals surface area contributed by atoms with E-state index in [-0.39, 0.29) is 0 Å². The van der Waals surface area contributed by atoms with Crippen LogP contribution in [0.5, 0.6) is 11.5 Å². The van der Waals surface area contributed by atoms with Crippen molar-refractivity contribution in [2.24, 2.45) is 5.41 Å². The number of hydrogen-bond acceptors (Lipinski definition) is 4. The quantitative estimate of drug-likeness (QED) is 0.798. The third-order valence-electron chi connectivity index (χ3n) is 2.54. The molecule has 94 valence electrons. The van der Waals surface area contributed by atoms with Gasteiger partial charge in [-0.1, -0.05) is 0 Å². The SMILES string of the molecule is COc1cc(C#N)cc(OCCC(C)(C)C#N)c1. The van der Waals surface area contributed by atoms with Gasteiger partial charge in [0, 0.05) is 6.07 Å². The van der Waals surface area contributed by atoms with Gasteiger partial charge in [0.15, 0.2) is 0 Å². The van der Waals surface area contributed by atoms with Crippen LogP contribution in [0.4, 0.5) is 0 Å². The van der Waals surface area contributed by atoms with Gasteiger partial charge in [0.1, 0.15) is 11.5 Å². The van der Waals surface area contributed by atoms with Crippen LogP contribution in [0, 0.1) is 28.1 Å². The predicted molar refractivity (Wildman–Crippen MR) is 67.2 cm³/mol. The molecule has 1 aromatic carbocycles. The second-order valence-corrected chi connectivity index (χ2v) is 4.60. The van der Waals surface area contributed by atoms with E-state index in [1.54, 1.807) is 25.3 Å². The van der Waals surface area contributed by atoms with Crippen molar-refractivity contribution in [3.63, 3.8) is 0 Å². The Balaban J connectivity index is 2.69. The number of benzene rings is 1. The zero-order chi connectivity index (χ0) is 13.6. The molecule has 1 aromatic rings. The normalized spacial score (nSPS) is 10.3.